The van der Waals surface area contributed by atoms with Crippen LogP contribution in [-0.4, -0.2) is 17.0 Å². The van der Waals surface area contributed by atoms with Gasteiger partial charge in [0, 0.05) is 0 Å². The molecule has 5 heteroatoms. The first-order valence-electron chi connectivity index (χ1n) is 6.72. The Morgan fingerprint density at radius 1 is 1.05 bits per heavy atom. The van der Waals surface area contributed by atoms with E-state index in [4.69, 9.17) is 0 Å². The van der Waals surface area contributed by atoms with Crippen LogP contribution >= 0.6 is 0 Å². The maximum atomic E-state index is 11.9. The van der Waals surface area contributed by atoms with E-state index in [1.165, 1.54) is 0 Å². The van der Waals surface area contributed by atoms with E-state index in [0.29, 0.717) is 12.0 Å². The summed E-state index contributed by atoms with van der Waals surface area (Å²) < 4.78 is 0. The second-order valence-corrected chi connectivity index (χ2v) is 4.66. The van der Waals surface area contributed by atoms with Gasteiger partial charge in [-0.2, -0.15) is 0 Å². The van der Waals surface area contributed by atoms with E-state index < -0.39 is 17.9 Å². The van der Waals surface area contributed by atoms with Gasteiger partial charge in [0.1, 0.15) is 0 Å². The Balaban J connectivity index is 0.00000242. The van der Waals surface area contributed by atoms with Crippen LogP contribution in [0.4, 0.5) is 0 Å². The average molecular weight is 305 g/mol. The summed E-state index contributed by atoms with van der Waals surface area (Å²) in [5.74, 6) is -1.51. The molecule has 108 valence electrons. The van der Waals surface area contributed by atoms with Gasteiger partial charge in [-0.1, -0.05) is 60.7 Å². The molecule has 2 aromatic rings. The Morgan fingerprint density at radius 3 is 2.14 bits per heavy atom. The summed E-state index contributed by atoms with van der Waals surface area (Å²) in [5.41, 5.74) is 1.55. The fourth-order valence-corrected chi connectivity index (χ4v) is 2.01. The second kappa shape index (κ2) is 9.41. The summed E-state index contributed by atoms with van der Waals surface area (Å²) in [6.07, 6.45) is 0.769. The molecule has 4 nitrogen and oxygen atoms in total. The summed E-state index contributed by atoms with van der Waals surface area (Å²) in [6.45, 7) is 0. The van der Waals surface area contributed by atoms with Gasteiger partial charge in [-0.05, 0) is 29.9 Å². The van der Waals surface area contributed by atoms with Crippen molar-refractivity contribution >= 4 is 11.9 Å². The van der Waals surface area contributed by atoms with Gasteiger partial charge in [-0.25, -0.2) is 4.79 Å². The Labute approximate surface area is 151 Å². The molecule has 2 rings (SSSR count). The Hall–Kier alpha value is -1.62. The van der Waals surface area contributed by atoms with Gasteiger partial charge in [0.15, 0.2) is 6.04 Å². The van der Waals surface area contributed by atoms with Crippen LogP contribution in [0.25, 0.3) is 0 Å². The molecule has 0 aliphatic heterocycles. The number of aliphatic imine (C=N–C) groups is 1. The molecule has 0 aliphatic rings. The molecule has 0 unspecified atom stereocenters. The van der Waals surface area contributed by atoms with Crippen molar-refractivity contribution in [2.24, 2.45) is 4.99 Å². The van der Waals surface area contributed by atoms with Crippen LogP contribution < -0.4 is 34.7 Å². The molecule has 0 saturated heterocycles. The Morgan fingerprint density at radius 2 is 1.59 bits per heavy atom. The summed E-state index contributed by atoms with van der Waals surface area (Å²) in [7, 11) is 0. The van der Waals surface area contributed by atoms with Crippen molar-refractivity contribution in [1.29, 1.82) is 0 Å². The largest absolute Gasteiger partial charge is 1.00 e. The minimum atomic E-state index is -1.13. The van der Waals surface area contributed by atoms with Gasteiger partial charge in [-0.15, -0.1) is 0 Å². The number of aliphatic carboxylic acids is 1. The average Bonchev–Trinajstić information content (AvgIpc) is 2.52. The first-order valence-corrected chi connectivity index (χ1v) is 6.72. The fraction of sp³-hybridized carbons (Fsp3) is 0.176. The third-order valence-corrected chi connectivity index (χ3v) is 3.09. The van der Waals surface area contributed by atoms with Crippen molar-refractivity contribution in [3.05, 3.63) is 71.8 Å². The molecule has 22 heavy (non-hydrogen) atoms. The number of carboxylic acids is 1. The van der Waals surface area contributed by atoms with E-state index in [1.807, 2.05) is 30.3 Å². The first-order chi connectivity index (χ1) is 10.2. The van der Waals surface area contributed by atoms with Crippen LogP contribution in [0.2, 0.25) is 0 Å². The van der Waals surface area contributed by atoms with Crippen LogP contribution in [0.3, 0.4) is 0 Å². The van der Waals surface area contributed by atoms with E-state index in [1.54, 1.807) is 30.3 Å². The van der Waals surface area contributed by atoms with E-state index >= 15 is 0 Å². The van der Waals surface area contributed by atoms with E-state index in [-0.39, 0.29) is 36.0 Å². The Kier molecular flexibility index (Phi) is 7.88. The maximum Gasteiger partial charge on any atom is 1.00 e. The number of benzene rings is 2. The summed E-state index contributed by atoms with van der Waals surface area (Å²) in [6, 6.07) is 17.0. The number of rotatable bonds is 6. The number of aryl methyl sites for hydroxylation is 1. The van der Waals surface area contributed by atoms with Crippen molar-refractivity contribution in [3.63, 3.8) is 0 Å². The normalized spacial score (nSPS) is 12.3. The van der Waals surface area contributed by atoms with Crippen molar-refractivity contribution in [2.75, 3.05) is 0 Å². The second-order valence-electron chi connectivity index (χ2n) is 4.66. The molecule has 0 spiro atoms. The van der Waals surface area contributed by atoms with Crippen LogP contribution in [0.5, 0.6) is 0 Å². The summed E-state index contributed by atoms with van der Waals surface area (Å²) in [4.78, 5) is 15.1. The van der Waals surface area contributed by atoms with Gasteiger partial charge in [-0.3, -0.25) is 4.99 Å². The summed E-state index contributed by atoms with van der Waals surface area (Å²) in [5, 5.41) is 21.1. The monoisotopic (exact) mass is 305 g/mol. The molecule has 0 aliphatic carbocycles. The topological polar surface area (TPSA) is 72.7 Å². The molecular weight excluding hydrogens is 289 g/mol. The minimum Gasteiger partial charge on any atom is -0.862 e. The zero-order chi connectivity index (χ0) is 15.1. The van der Waals surface area contributed by atoms with Crippen molar-refractivity contribution in [1.82, 2.24) is 0 Å². The number of nitrogens with zero attached hydrogens (tertiary/aromatic N) is 1. The minimum absolute atomic E-state index is 0. The molecule has 0 radical (unpaired) electrons. The molecule has 0 fully saturated rings. The molecule has 0 amide bonds. The molecule has 0 bridgehead atoms. The molecule has 0 aromatic heterocycles. The van der Waals surface area contributed by atoms with E-state index in [0.717, 1.165) is 5.56 Å². The van der Waals surface area contributed by atoms with Gasteiger partial charge >= 0.3 is 35.5 Å². The van der Waals surface area contributed by atoms with Crippen LogP contribution in [0.1, 0.15) is 23.6 Å². The quantitative estimate of drug-likeness (QED) is 0.432. The molecule has 1 N–H and O–H groups in total. The first kappa shape index (κ1) is 18.4. The van der Waals surface area contributed by atoms with Crippen molar-refractivity contribution < 1.29 is 44.6 Å². The predicted octanol–water partition coefficient (Wildman–Crippen LogP) is -0.792. The molecule has 0 saturated carbocycles. The van der Waals surface area contributed by atoms with Gasteiger partial charge < -0.3 is 10.2 Å². The van der Waals surface area contributed by atoms with Gasteiger partial charge in [0.25, 0.3) is 0 Å². The molecular formula is C17H16NNaO3. The smallest absolute Gasteiger partial charge is 0.862 e. The molecule has 2 aromatic carbocycles. The number of hydrogen-bond donors (Lipinski definition) is 1. The van der Waals surface area contributed by atoms with E-state index in [9.17, 15) is 15.0 Å². The molecule has 1 atom stereocenters. The number of hydrogen-bond acceptors (Lipinski definition) is 3. The van der Waals surface area contributed by atoms with Crippen LogP contribution in [0, 0.1) is 0 Å². The van der Waals surface area contributed by atoms with Crippen LogP contribution in [-0.2, 0) is 11.2 Å². The third kappa shape index (κ3) is 5.64. The SMILES string of the molecule is O=C(O)[C@H](N=C([O-])CCc1ccccc1)c1ccccc1.[Na+]. The number of carbonyl (C=O) groups is 1. The molecule has 0 heterocycles. The van der Waals surface area contributed by atoms with E-state index in [2.05, 4.69) is 4.99 Å². The fourth-order valence-electron chi connectivity index (χ4n) is 2.01. The van der Waals surface area contributed by atoms with Gasteiger partial charge in [0.05, 0.1) is 0 Å². The van der Waals surface area contributed by atoms with Gasteiger partial charge in [0.2, 0.25) is 0 Å². The number of carboxylic acid groups (broad SMARTS) is 1. The standard InChI is InChI=1S/C17H17NO3.Na/c19-15(12-11-13-7-3-1-4-8-13)18-16(17(20)21)14-9-5-2-6-10-14;/h1-10,16H,11-12H2,(H,18,19)(H,20,21);/q;+1/p-1/t16-;/m1./s1. The Bertz CT molecular complexity index is 614. The zero-order valence-corrected chi connectivity index (χ0v) is 14.5. The van der Waals surface area contributed by atoms with Crippen molar-refractivity contribution in [3.8, 4) is 0 Å². The third-order valence-electron chi connectivity index (χ3n) is 3.09. The maximum absolute atomic E-state index is 11.9. The van der Waals surface area contributed by atoms with Crippen LogP contribution in [0.15, 0.2) is 65.7 Å². The summed E-state index contributed by atoms with van der Waals surface area (Å²) >= 11 is 0. The predicted molar refractivity (Wildman–Crippen MR) is 79.0 cm³/mol. The van der Waals surface area contributed by atoms with Crippen molar-refractivity contribution in [2.45, 2.75) is 18.9 Å². The zero-order valence-electron chi connectivity index (χ0n) is 12.5.